The summed E-state index contributed by atoms with van der Waals surface area (Å²) in [6.45, 7) is 2.28. The fraction of sp³-hybridized carbons (Fsp3) is 0.600. The molecule has 0 aromatic carbocycles. The van der Waals surface area contributed by atoms with Crippen molar-refractivity contribution >= 4 is 6.03 Å². The molecular formula is C10H17N3O3. The summed E-state index contributed by atoms with van der Waals surface area (Å²) in [4.78, 5) is 15.3. The second-order valence-electron chi connectivity index (χ2n) is 3.87. The predicted molar refractivity (Wildman–Crippen MR) is 58.1 cm³/mol. The first kappa shape index (κ1) is 12.7. The summed E-state index contributed by atoms with van der Waals surface area (Å²) in [5.74, 6) is 0. The maximum absolute atomic E-state index is 11.5. The van der Waals surface area contributed by atoms with Gasteiger partial charge in [0.25, 0.3) is 0 Å². The summed E-state index contributed by atoms with van der Waals surface area (Å²) in [6.07, 6.45) is 4.93. The van der Waals surface area contributed by atoms with E-state index in [1.807, 2.05) is 0 Å². The molecule has 1 unspecified atom stereocenters. The number of imidazole rings is 1. The fourth-order valence-electron chi connectivity index (χ4n) is 1.15. The van der Waals surface area contributed by atoms with E-state index in [2.05, 4.69) is 10.3 Å². The summed E-state index contributed by atoms with van der Waals surface area (Å²) < 4.78 is 6.18. The average Bonchev–Trinajstić information content (AvgIpc) is 2.77. The van der Waals surface area contributed by atoms with E-state index in [1.54, 1.807) is 20.2 Å². The molecule has 0 saturated carbocycles. The minimum Gasteiger partial charge on any atom is -0.388 e. The van der Waals surface area contributed by atoms with Gasteiger partial charge in [-0.25, -0.2) is 9.78 Å². The van der Waals surface area contributed by atoms with Crippen molar-refractivity contribution in [2.24, 2.45) is 0 Å². The van der Waals surface area contributed by atoms with Crippen molar-refractivity contribution in [3.8, 4) is 0 Å². The van der Waals surface area contributed by atoms with Crippen molar-refractivity contribution in [1.29, 1.82) is 0 Å². The number of nitrogens with one attached hydrogen (secondary N) is 1. The Bertz CT molecular complexity index is 322. The Hall–Kier alpha value is -1.40. The molecule has 0 spiro atoms. The third-order valence-electron chi connectivity index (χ3n) is 2.20. The van der Waals surface area contributed by atoms with E-state index in [1.165, 1.54) is 17.1 Å². The maximum atomic E-state index is 11.5. The van der Waals surface area contributed by atoms with Crippen molar-refractivity contribution in [2.75, 3.05) is 20.3 Å². The number of nitrogens with zero attached hydrogens (tertiary/aromatic N) is 2. The van der Waals surface area contributed by atoms with Gasteiger partial charge in [-0.05, 0) is 6.92 Å². The largest absolute Gasteiger partial charge is 0.388 e. The monoisotopic (exact) mass is 227 g/mol. The van der Waals surface area contributed by atoms with Gasteiger partial charge < -0.3 is 15.2 Å². The number of hydrogen-bond acceptors (Lipinski definition) is 4. The van der Waals surface area contributed by atoms with Crippen molar-refractivity contribution in [3.63, 3.8) is 0 Å². The van der Waals surface area contributed by atoms with Gasteiger partial charge in [0.1, 0.15) is 6.33 Å². The Labute approximate surface area is 94.2 Å². The predicted octanol–water partition coefficient (Wildman–Crippen LogP) is 0.228. The van der Waals surface area contributed by atoms with Gasteiger partial charge in [0.15, 0.2) is 0 Å². The van der Waals surface area contributed by atoms with Gasteiger partial charge in [-0.3, -0.25) is 4.57 Å². The van der Waals surface area contributed by atoms with Crippen LogP contribution in [0.15, 0.2) is 18.7 Å². The van der Waals surface area contributed by atoms with Crippen LogP contribution in [-0.2, 0) is 4.74 Å². The summed E-state index contributed by atoms with van der Waals surface area (Å²) >= 11 is 0. The second kappa shape index (κ2) is 5.62. The van der Waals surface area contributed by atoms with Gasteiger partial charge in [0.2, 0.25) is 0 Å². The van der Waals surface area contributed by atoms with Crippen LogP contribution in [0.2, 0.25) is 0 Å². The first-order valence-electron chi connectivity index (χ1n) is 5.03. The van der Waals surface area contributed by atoms with E-state index >= 15 is 0 Å². The van der Waals surface area contributed by atoms with E-state index in [4.69, 9.17) is 4.74 Å². The topological polar surface area (TPSA) is 76.4 Å². The van der Waals surface area contributed by atoms with Crippen LogP contribution < -0.4 is 5.32 Å². The third kappa shape index (κ3) is 4.00. The Morgan fingerprint density at radius 2 is 2.44 bits per heavy atom. The molecule has 0 saturated heterocycles. The molecule has 2 N–H and O–H groups in total. The third-order valence-corrected chi connectivity index (χ3v) is 2.20. The Morgan fingerprint density at radius 1 is 1.69 bits per heavy atom. The van der Waals surface area contributed by atoms with Crippen molar-refractivity contribution < 1.29 is 14.6 Å². The lowest BCUT2D eigenvalue weighted by atomic mass is 10.0. The molecule has 90 valence electrons. The minimum atomic E-state index is -0.966. The molecule has 1 aromatic heterocycles. The van der Waals surface area contributed by atoms with Crippen LogP contribution in [0.4, 0.5) is 4.79 Å². The van der Waals surface area contributed by atoms with Crippen LogP contribution in [0.1, 0.15) is 13.3 Å². The second-order valence-corrected chi connectivity index (χ2v) is 3.87. The number of aliphatic hydroxyl groups is 1. The first-order chi connectivity index (χ1) is 7.55. The quantitative estimate of drug-likeness (QED) is 0.755. The SMILES string of the molecule is COCCC(C)(O)CNC(=O)n1ccnc1. The van der Waals surface area contributed by atoms with Crippen LogP contribution in [0, 0.1) is 0 Å². The summed E-state index contributed by atoms with van der Waals surface area (Å²) in [7, 11) is 1.57. The van der Waals surface area contributed by atoms with Crippen LogP contribution in [0.3, 0.4) is 0 Å². The standard InChI is InChI=1S/C10H17N3O3/c1-10(15,3-6-16-2)7-12-9(14)13-5-4-11-8-13/h4-5,8,15H,3,6-7H2,1-2H3,(H,12,14). The highest BCUT2D eigenvalue weighted by Gasteiger charge is 2.20. The van der Waals surface area contributed by atoms with Gasteiger partial charge in [0.05, 0.1) is 5.60 Å². The number of rotatable bonds is 5. The number of methoxy groups -OCH3 is 1. The van der Waals surface area contributed by atoms with Gasteiger partial charge in [-0.1, -0.05) is 0 Å². The summed E-state index contributed by atoms with van der Waals surface area (Å²) in [5, 5.41) is 12.5. The van der Waals surface area contributed by atoms with E-state index in [0.717, 1.165) is 0 Å². The fourth-order valence-corrected chi connectivity index (χ4v) is 1.15. The highest BCUT2D eigenvalue weighted by atomic mass is 16.5. The molecule has 1 rings (SSSR count). The highest BCUT2D eigenvalue weighted by Crippen LogP contribution is 2.07. The maximum Gasteiger partial charge on any atom is 0.326 e. The normalized spacial score (nSPS) is 14.4. The molecule has 0 fully saturated rings. The molecule has 6 nitrogen and oxygen atoms in total. The number of ether oxygens (including phenoxy) is 1. The van der Waals surface area contributed by atoms with Crippen LogP contribution in [0.5, 0.6) is 0 Å². The summed E-state index contributed by atoms with van der Waals surface area (Å²) in [6, 6.07) is -0.310. The smallest absolute Gasteiger partial charge is 0.326 e. The number of amides is 1. The molecule has 0 aliphatic rings. The number of carbonyl (C=O) groups excluding carboxylic acids is 1. The molecule has 16 heavy (non-hydrogen) atoms. The van der Waals surface area contributed by atoms with Gasteiger partial charge in [0, 0.05) is 39.1 Å². The van der Waals surface area contributed by atoms with E-state index < -0.39 is 5.60 Å². The molecule has 0 aliphatic carbocycles. The lowest BCUT2D eigenvalue weighted by molar-refractivity contribution is 0.0270. The van der Waals surface area contributed by atoms with Crippen molar-refractivity contribution in [2.45, 2.75) is 18.9 Å². The van der Waals surface area contributed by atoms with E-state index in [0.29, 0.717) is 13.0 Å². The summed E-state index contributed by atoms with van der Waals surface area (Å²) in [5.41, 5.74) is -0.966. The number of carbonyl (C=O) groups is 1. The van der Waals surface area contributed by atoms with Crippen LogP contribution in [-0.4, -0.2) is 46.6 Å². The zero-order valence-electron chi connectivity index (χ0n) is 9.51. The van der Waals surface area contributed by atoms with Crippen LogP contribution >= 0.6 is 0 Å². The average molecular weight is 227 g/mol. The Kier molecular flexibility index (Phi) is 4.45. The number of aromatic nitrogens is 2. The van der Waals surface area contributed by atoms with Gasteiger partial charge in [-0.2, -0.15) is 0 Å². The Morgan fingerprint density at radius 3 is 3.00 bits per heavy atom. The van der Waals surface area contributed by atoms with E-state index in [9.17, 15) is 9.90 Å². The molecule has 0 bridgehead atoms. The molecule has 0 radical (unpaired) electrons. The molecule has 1 atom stereocenters. The lowest BCUT2D eigenvalue weighted by Crippen LogP contribution is -2.42. The van der Waals surface area contributed by atoms with Gasteiger partial charge >= 0.3 is 6.03 Å². The molecular weight excluding hydrogens is 210 g/mol. The van der Waals surface area contributed by atoms with Crippen molar-refractivity contribution in [1.82, 2.24) is 14.9 Å². The zero-order valence-corrected chi connectivity index (χ0v) is 9.51. The number of hydrogen-bond donors (Lipinski definition) is 2. The van der Waals surface area contributed by atoms with Crippen LogP contribution in [0.25, 0.3) is 0 Å². The van der Waals surface area contributed by atoms with Crippen molar-refractivity contribution in [3.05, 3.63) is 18.7 Å². The van der Waals surface area contributed by atoms with E-state index in [-0.39, 0.29) is 12.6 Å². The molecule has 1 heterocycles. The molecule has 1 amide bonds. The highest BCUT2D eigenvalue weighted by molar-refractivity contribution is 5.76. The lowest BCUT2D eigenvalue weighted by Gasteiger charge is -2.23. The zero-order chi connectivity index (χ0) is 12.0. The molecule has 6 heteroatoms. The van der Waals surface area contributed by atoms with Gasteiger partial charge in [-0.15, -0.1) is 0 Å². The minimum absolute atomic E-state index is 0.174. The molecule has 1 aromatic rings. The first-order valence-corrected chi connectivity index (χ1v) is 5.03. The Balaban J connectivity index is 2.36. The molecule has 0 aliphatic heterocycles.